The van der Waals surface area contributed by atoms with Crippen LogP contribution in [0.4, 0.5) is 23.7 Å². The molecule has 2 amide bonds. The Morgan fingerprint density at radius 1 is 1.14 bits per heavy atom. The number of hydrogen-bond donors (Lipinski definition) is 2. The molecule has 4 rings (SSSR count). The summed E-state index contributed by atoms with van der Waals surface area (Å²) in [5.74, 6) is -0.288. The van der Waals surface area contributed by atoms with E-state index in [4.69, 9.17) is 4.74 Å². The van der Waals surface area contributed by atoms with Gasteiger partial charge >= 0.3 is 12.2 Å². The van der Waals surface area contributed by atoms with Crippen LogP contribution in [0.5, 0.6) is 5.75 Å². The van der Waals surface area contributed by atoms with E-state index >= 15 is 0 Å². The first-order valence-corrected chi connectivity index (χ1v) is 14.8. The van der Waals surface area contributed by atoms with Gasteiger partial charge in [-0.15, -0.1) is 0 Å². The van der Waals surface area contributed by atoms with Crippen LogP contribution >= 0.6 is 0 Å². The minimum atomic E-state index is -4.49. The Hall–Kier alpha value is -3.61. The number of fused-ring (bicyclic) bond motifs is 1. The van der Waals surface area contributed by atoms with E-state index in [9.17, 15) is 31.5 Å². The van der Waals surface area contributed by atoms with Gasteiger partial charge in [0.25, 0.3) is 0 Å². The van der Waals surface area contributed by atoms with Gasteiger partial charge < -0.3 is 20.1 Å². The summed E-state index contributed by atoms with van der Waals surface area (Å²) in [5.41, 5.74) is 2.01. The Bertz CT molecular complexity index is 1530. The molecular weight excluding hydrogens is 571 g/mol. The van der Waals surface area contributed by atoms with Gasteiger partial charge in [0, 0.05) is 31.2 Å². The number of amides is 2. The molecule has 0 saturated heterocycles. The predicted molar refractivity (Wildman–Crippen MR) is 154 cm³/mol. The third-order valence-corrected chi connectivity index (χ3v) is 9.41. The zero-order chi connectivity index (χ0) is 30.8. The number of benzene rings is 3. The number of nitrogens with one attached hydrogen (secondary N) is 1. The second kappa shape index (κ2) is 12.3. The molecule has 0 saturated carbocycles. The van der Waals surface area contributed by atoms with Crippen LogP contribution < -0.4 is 10.1 Å². The first-order valence-electron chi connectivity index (χ1n) is 13.4. The lowest BCUT2D eigenvalue weighted by molar-refractivity contribution is -0.137. The van der Waals surface area contributed by atoms with Crippen molar-refractivity contribution in [3.05, 3.63) is 77.9 Å². The summed E-state index contributed by atoms with van der Waals surface area (Å²) in [5, 5.41) is 12.4. The third kappa shape index (κ3) is 6.71. The van der Waals surface area contributed by atoms with Gasteiger partial charge in [-0.05, 0) is 66.9 Å². The van der Waals surface area contributed by atoms with E-state index in [-0.39, 0.29) is 36.0 Å². The van der Waals surface area contributed by atoms with E-state index in [0.717, 1.165) is 28.8 Å². The van der Waals surface area contributed by atoms with Crippen molar-refractivity contribution < 1.29 is 36.2 Å². The van der Waals surface area contributed by atoms with Crippen LogP contribution in [0.15, 0.2) is 71.6 Å². The molecule has 42 heavy (non-hydrogen) atoms. The second-order valence-electron chi connectivity index (χ2n) is 10.6. The molecule has 12 heteroatoms. The van der Waals surface area contributed by atoms with Crippen LogP contribution in [0.3, 0.4) is 0 Å². The summed E-state index contributed by atoms with van der Waals surface area (Å²) in [4.78, 5) is 14.3. The first-order chi connectivity index (χ1) is 19.7. The summed E-state index contributed by atoms with van der Waals surface area (Å²) in [7, 11) is -2.53. The molecule has 0 aliphatic carbocycles. The second-order valence-corrected chi connectivity index (χ2v) is 12.5. The largest absolute Gasteiger partial charge is 0.487 e. The number of urea groups is 1. The molecular formula is C30H34F3N3O5S. The molecule has 0 unspecified atom stereocenters. The molecule has 8 nitrogen and oxygen atoms in total. The maximum Gasteiger partial charge on any atom is 0.416 e. The summed E-state index contributed by atoms with van der Waals surface area (Å²) < 4.78 is 73.8. The van der Waals surface area contributed by atoms with Gasteiger partial charge in [-0.25, -0.2) is 13.2 Å². The molecule has 2 N–H and O–H groups in total. The topological polar surface area (TPSA) is 99.2 Å². The van der Waals surface area contributed by atoms with Crippen molar-refractivity contribution in [2.45, 2.75) is 44.0 Å². The van der Waals surface area contributed by atoms with Gasteiger partial charge in [-0.1, -0.05) is 37.3 Å². The number of hydrogen-bond acceptors (Lipinski definition) is 5. The molecule has 3 aromatic rings. The third-order valence-electron chi connectivity index (χ3n) is 7.39. The van der Waals surface area contributed by atoms with Crippen molar-refractivity contribution in [3.63, 3.8) is 0 Å². The summed E-state index contributed by atoms with van der Waals surface area (Å²) in [6.07, 6.45) is -5.15. The number of aliphatic hydroxyl groups excluding tert-OH is 1. The average Bonchev–Trinajstić information content (AvgIpc) is 2.94. The number of carbonyl (C=O) groups is 1. The van der Waals surface area contributed by atoms with E-state index in [1.807, 2.05) is 31.2 Å². The number of rotatable bonds is 6. The van der Waals surface area contributed by atoms with E-state index in [1.54, 1.807) is 26.0 Å². The van der Waals surface area contributed by atoms with Gasteiger partial charge in [0.1, 0.15) is 16.7 Å². The van der Waals surface area contributed by atoms with Crippen molar-refractivity contribution in [1.29, 1.82) is 0 Å². The highest BCUT2D eigenvalue weighted by molar-refractivity contribution is 7.89. The normalized spacial score (nSPS) is 19.5. The molecule has 226 valence electrons. The minimum absolute atomic E-state index is 0.0298. The number of sulfonamides is 1. The van der Waals surface area contributed by atoms with E-state index in [2.05, 4.69) is 5.32 Å². The number of ether oxygens (including phenoxy) is 1. The van der Waals surface area contributed by atoms with Crippen LogP contribution in [0.25, 0.3) is 11.1 Å². The molecule has 1 heterocycles. The van der Waals surface area contributed by atoms with Crippen molar-refractivity contribution in [2.75, 3.05) is 32.1 Å². The Balaban J connectivity index is 1.65. The molecule has 0 bridgehead atoms. The lowest BCUT2D eigenvalue weighted by atomic mass is 10.00. The summed E-state index contributed by atoms with van der Waals surface area (Å²) in [6.45, 7) is 5.06. The van der Waals surface area contributed by atoms with Crippen LogP contribution in [0, 0.1) is 12.8 Å². The number of carbonyl (C=O) groups excluding carboxylic acids is 1. The fourth-order valence-corrected chi connectivity index (χ4v) is 6.65. The quantitative estimate of drug-likeness (QED) is 0.381. The number of nitrogens with zero attached hydrogens (tertiary/aromatic N) is 2. The number of halogens is 3. The maximum absolute atomic E-state index is 13.8. The molecule has 3 aromatic carbocycles. The van der Waals surface area contributed by atoms with E-state index < -0.39 is 45.9 Å². The monoisotopic (exact) mass is 605 g/mol. The highest BCUT2D eigenvalue weighted by atomic mass is 32.2. The van der Waals surface area contributed by atoms with Gasteiger partial charge in [-0.2, -0.15) is 17.5 Å². The number of aliphatic hydroxyl groups is 1. The molecule has 0 spiro atoms. The zero-order valence-electron chi connectivity index (χ0n) is 23.7. The van der Waals surface area contributed by atoms with Gasteiger partial charge in [-0.3, -0.25) is 0 Å². The number of alkyl halides is 3. The van der Waals surface area contributed by atoms with Gasteiger partial charge in [0.2, 0.25) is 10.0 Å². The molecule has 0 aromatic heterocycles. The number of aryl methyl sites for hydroxylation is 1. The summed E-state index contributed by atoms with van der Waals surface area (Å²) in [6, 6.07) is 15.4. The lowest BCUT2D eigenvalue weighted by Crippen LogP contribution is -2.50. The SMILES string of the molecule is Cc1ccccc1-c1ccc2c(c1)O[C@H](CN(C)C(=O)Nc1ccc(C(F)(F)F)cc1)[C@H](C)CN([C@@H](C)CO)S2(=O)=O. The van der Waals surface area contributed by atoms with Gasteiger partial charge in [0.15, 0.2) is 0 Å². The number of anilines is 1. The Morgan fingerprint density at radius 3 is 2.43 bits per heavy atom. The standard InChI is InChI=1S/C30H34F3N3O5S/c1-19-7-5-6-8-25(19)22-9-14-28-26(15-22)41-27(20(2)16-36(21(3)18-37)42(28,39)40)17-35(4)29(38)34-24-12-10-23(11-13-24)30(31,32)33/h5-15,20-21,27,37H,16-18H2,1-4H3,(H,34,38)/t20-,21+,27-/m1/s1. The molecule has 1 aliphatic rings. The average molecular weight is 606 g/mol. The molecule has 0 radical (unpaired) electrons. The van der Waals surface area contributed by atoms with Crippen molar-refractivity contribution >= 4 is 21.7 Å². The van der Waals surface area contributed by atoms with E-state index in [1.165, 1.54) is 34.5 Å². The highest BCUT2D eigenvalue weighted by Gasteiger charge is 2.38. The van der Waals surface area contributed by atoms with Crippen LogP contribution in [-0.4, -0.2) is 67.7 Å². The van der Waals surface area contributed by atoms with Crippen molar-refractivity contribution in [1.82, 2.24) is 9.21 Å². The maximum atomic E-state index is 13.8. The Morgan fingerprint density at radius 2 is 1.81 bits per heavy atom. The molecule has 1 aliphatic heterocycles. The molecule has 0 fully saturated rings. The Kier molecular flexibility index (Phi) is 9.19. The van der Waals surface area contributed by atoms with Crippen molar-refractivity contribution in [2.24, 2.45) is 5.92 Å². The first kappa shape index (κ1) is 31.3. The van der Waals surface area contributed by atoms with E-state index in [0.29, 0.717) is 0 Å². The highest BCUT2D eigenvalue weighted by Crippen LogP contribution is 2.37. The Labute approximate surface area is 243 Å². The fraction of sp³-hybridized carbons (Fsp3) is 0.367. The van der Waals surface area contributed by atoms with Gasteiger partial charge in [0.05, 0.1) is 18.7 Å². The zero-order valence-corrected chi connectivity index (χ0v) is 24.5. The summed E-state index contributed by atoms with van der Waals surface area (Å²) >= 11 is 0. The fourth-order valence-electron chi connectivity index (χ4n) is 4.82. The van der Waals surface area contributed by atoms with Crippen molar-refractivity contribution in [3.8, 4) is 16.9 Å². The minimum Gasteiger partial charge on any atom is -0.487 e. The predicted octanol–water partition coefficient (Wildman–Crippen LogP) is 5.61. The number of likely N-dealkylation sites (N-methyl/N-ethyl adjacent to an activating group) is 1. The molecule has 3 atom stereocenters. The smallest absolute Gasteiger partial charge is 0.416 e. The van der Waals surface area contributed by atoms with Crippen LogP contribution in [0.1, 0.15) is 25.0 Å². The van der Waals surface area contributed by atoms with Crippen LogP contribution in [0.2, 0.25) is 0 Å². The van der Waals surface area contributed by atoms with Crippen LogP contribution in [-0.2, 0) is 16.2 Å². The lowest BCUT2D eigenvalue weighted by Gasteiger charge is -2.37.